The normalized spacial score (nSPS) is 21.2. The lowest BCUT2D eigenvalue weighted by atomic mass is 9.77. The summed E-state index contributed by atoms with van der Waals surface area (Å²) in [4.78, 5) is 2.53. The Balaban J connectivity index is 2.43. The van der Waals surface area contributed by atoms with E-state index in [0.717, 1.165) is 19.0 Å². The van der Waals surface area contributed by atoms with Crippen molar-refractivity contribution in [1.82, 2.24) is 10.2 Å². The SMILES string of the molecule is CCOC(OCC)(OCC)[Si]CCCNC1CC(C)(C)N(C)C(C)(C)C1. The van der Waals surface area contributed by atoms with Crippen molar-refractivity contribution in [1.29, 1.82) is 0 Å². The number of piperidine rings is 1. The van der Waals surface area contributed by atoms with Crippen molar-refractivity contribution in [3.05, 3.63) is 0 Å². The molecule has 1 heterocycles. The molecule has 0 amide bonds. The second kappa shape index (κ2) is 10.5. The van der Waals surface area contributed by atoms with E-state index in [2.05, 4.69) is 45.0 Å². The molecule has 1 aliphatic heterocycles. The van der Waals surface area contributed by atoms with Crippen molar-refractivity contribution in [2.24, 2.45) is 0 Å². The van der Waals surface area contributed by atoms with Gasteiger partial charge in [-0.25, -0.2) is 0 Å². The lowest BCUT2D eigenvalue weighted by molar-refractivity contribution is -0.323. The number of nitrogens with one attached hydrogen (secondary N) is 1. The number of hydrogen-bond donors (Lipinski definition) is 1. The third kappa shape index (κ3) is 6.88. The fourth-order valence-corrected chi connectivity index (χ4v) is 5.40. The standard InChI is InChI=1S/C20H42N2O3Si/c1-9-23-20(24-10-2,25-11-3)26-14-12-13-21-17-15-18(4,5)22(8)19(6,7)16-17/h17,21H,9-16H2,1-8H3. The summed E-state index contributed by atoms with van der Waals surface area (Å²) in [6.45, 7) is 18.2. The van der Waals surface area contributed by atoms with Gasteiger partial charge in [0, 0.05) is 36.9 Å². The van der Waals surface area contributed by atoms with E-state index in [9.17, 15) is 0 Å². The van der Waals surface area contributed by atoms with Crippen molar-refractivity contribution in [3.8, 4) is 0 Å². The summed E-state index contributed by atoms with van der Waals surface area (Å²) in [5, 5.41) is 3.79. The first-order valence-electron chi connectivity index (χ1n) is 10.3. The Morgan fingerprint density at radius 1 is 0.962 bits per heavy atom. The molecule has 154 valence electrons. The highest BCUT2D eigenvalue weighted by Gasteiger charge is 2.42. The molecule has 1 N–H and O–H groups in total. The molecule has 5 nitrogen and oxygen atoms in total. The molecule has 0 unspecified atom stereocenters. The summed E-state index contributed by atoms with van der Waals surface area (Å²) in [7, 11) is 2.75. The quantitative estimate of drug-likeness (QED) is 0.316. The minimum atomic E-state index is -0.838. The van der Waals surface area contributed by atoms with Gasteiger partial charge in [-0.2, -0.15) is 0 Å². The molecule has 26 heavy (non-hydrogen) atoms. The summed E-state index contributed by atoms with van der Waals surface area (Å²) in [5.74, 6) is 0. The van der Waals surface area contributed by atoms with E-state index in [1.807, 2.05) is 20.8 Å². The van der Waals surface area contributed by atoms with Gasteiger partial charge in [-0.1, -0.05) is 6.04 Å². The van der Waals surface area contributed by atoms with E-state index in [1.54, 1.807) is 0 Å². The van der Waals surface area contributed by atoms with Crippen LogP contribution in [0.2, 0.25) is 6.04 Å². The average Bonchev–Trinajstić information content (AvgIpc) is 2.52. The van der Waals surface area contributed by atoms with Crippen molar-refractivity contribution >= 4 is 9.52 Å². The number of likely N-dealkylation sites (tertiary alicyclic amines) is 1. The van der Waals surface area contributed by atoms with E-state index in [4.69, 9.17) is 14.2 Å². The molecule has 0 aromatic rings. The molecular formula is C20H42N2O3Si. The number of rotatable bonds is 12. The Hall–Kier alpha value is 0.0169. The fourth-order valence-electron chi connectivity index (χ4n) is 4.00. The lowest BCUT2D eigenvalue weighted by Gasteiger charge is -2.53. The minimum Gasteiger partial charge on any atom is -0.332 e. The predicted molar refractivity (Wildman–Crippen MR) is 110 cm³/mol. The van der Waals surface area contributed by atoms with Crippen molar-refractivity contribution in [2.45, 2.75) is 96.5 Å². The molecule has 0 aliphatic carbocycles. The van der Waals surface area contributed by atoms with Gasteiger partial charge in [0.1, 0.15) is 0 Å². The maximum Gasteiger partial charge on any atom is 0.251 e. The molecule has 0 saturated carbocycles. The van der Waals surface area contributed by atoms with Crippen LogP contribution in [-0.2, 0) is 14.2 Å². The fraction of sp³-hybridized carbons (Fsp3) is 1.00. The van der Waals surface area contributed by atoms with E-state index in [-0.39, 0.29) is 11.1 Å². The van der Waals surface area contributed by atoms with E-state index < -0.39 is 5.60 Å². The van der Waals surface area contributed by atoms with Crippen LogP contribution in [0.4, 0.5) is 0 Å². The Kier molecular flexibility index (Phi) is 9.74. The maximum atomic E-state index is 5.82. The zero-order chi connectivity index (χ0) is 19.8. The van der Waals surface area contributed by atoms with Gasteiger partial charge in [0.2, 0.25) is 0 Å². The predicted octanol–water partition coefficient (Wildman–Crippen LogP) is 3.46. The Morgan fingerprint density at radius 3 is 1.85 bits per heavy atom. The second-order valence-electron chi connectivity index (χ2n) is 8.38. The van der Waals surface area contributed by atoms with Gasteiger partial charge in [0.15, 0.2) is 9.52 Å². The van der Waals surface area contributed by atoms with Crippen LogP contribution < -0.4 is 5.32 Å². The average molecular weight is 387 g/mol. The summed E-state index contributed by atoms with van der Waals surface area (Å²) >= 11 is 0. The molecular weight excluding hydrogens is 344 g/mol. The first-order chi connectivity index (χ1) is 12.1. The van der Waals surface area contributed by atoms with Crippen LogP contribution in [0.25, 0.3) is 0 Å². The van der Waals surface area contributed by atoms with Crippen LogP contribution in [-0.4, -0.2) is 70.5 Å². The topological polar surface area (TPSA) is 43.0 Å². The van der Waals surface area contributed by atoms with Gasteiger partial charge in [0.25, 0.3) is 5.60 Å². The molecule has 0 atom stereocenters. The highest BCUT2D eigenvalue weighted by molar-refractivity contribution is 6.38. The summed E-state index contributed by atoms with van der Waals surface area (Å²) < 4.78 is 17.4. The molecule has 1 aliphatic rings. The molecule has 1 fully saturated rings. The Morgan fingerprint density at radius 2 is 1.42 bits per heavy atom. The molecule has 0 aromatic carbocycles. The summed E-state index contributed by atoms with van der Waals surface area (Å²) in [5.41, 5.74) is -0.375. The van der Waals surface area contributed by atoms with Crippen LogP contribution >= 0.6 is 0 Å². The lowest BCUT2D eigenvalue weighted by Crippen LogP contribution is -2.62. The van der Waals surface area contributed by atoms with Gasteiger partial charge >= 0.3 is 0 Å². The van der Waals surface area contributed by atoms with E-state index in [0.29, 0.717) is 35.4 Å². The van der Waals surface area contributed by atoms with Crippen molar-refractivity contribution in [3.63, 3.8) is 0 Å². The zero-order valence-electron chi connectivity index (χ0n) is 18.4. The Labute approximate surface area is 164 Å². The molecule has 6 heteroatoms. The van der Waals surface area contributed by atoms with Gasteiger partial charge in [-0.3, -0.25) is 4.90 Å². The largest absolute Gasteiger partial charge is 0.332 e. The van der Waals surface area contributed by atoms with Crippen LogP contribution in [0.15, 0.2) is 0 Å². The molecule has 0 spiro atoms. The number of hydrogen-bond acceptors (Lipinski definition) is 5. The molecule has 0 bridgehead atoms. The smallest absolute Gasteiger partial charge is 0.251 e. The number of nitrogens with zero attached hydrogens (tertiary/aromatic N) is 1. The maximum absolute atomic E-state index is 5.82. The van der Waals surface area contributed by atoms with Gasteiger partial charge in [0.05, 0.1) is 0 Å². The molecule has 1 saturated heterocycles. The van der Waals surface area contributed by atoms with Gasteiger partial charge < -0.3 is 19.5 Å². The van der Waals surface area contributed by atoms with Crippen LogP contribution in [0.3, 0.4) is 0 Å². The third-order valence-electron chi connectivity index (χ3n) is 5.44. The zero-order valence-corrected chi connectivity index (χ0v) is 19.4. The monoisotopic (exact) mass is 386 g/mol. The van der Waals surface area contributed by atoms with E-state index in [1.165, 1.54) is 12.8 Å². The minimum absolute atomic E-state index is 0.231. The molecule has 1 rings (SSSR count). The first kappa shape index (κ1) is 24.1. The van der Waals surface area contributed by atoms with Crippen molar-refractivity contribution < 1.29 is 14.2 Å². The van der Waals surface area contributed by atoms with Crippen LogP contribution in [0.5, 0.6) is 0 Å². The molecule has 2 radical (unpaired) electrons. The summed E-state index contributed by atoms with van der Waals surface area (Å²) in [6.07, 6.45) is 3.49. The van der Waals surface area contributed by atoms with E-state index >= 15 is 0 Å². The van der Waals surface area contributed by atoms with Gasteiger partial charge in [-0.05, 0) is 81.3 Å². The first-order valence-corrected chi connectivity index (χ1v) is 11.5. The second-order valence-corrected chi connectivity index (χ2v) is 9.84. The van der Waals surface area contributed by atoms with Crippen LogP contribution in [0.1, 0.15) is 67.7 Å². The highest BCUT2D eigenvalue weighted by Crippen LogP contribution is 2.36. The highest BCUT2D eigenvalue weighted by atomic mass is 28.2. The van der Waals surface area contributed by atoms with Gasteiger partial charge in [-0.15, -0.1) is 0 Å². The Bertz CT molecular complexity index is 369. The molecule has 0 aromatic heterocycles. The van der Waals surface area contributed by atoms with Crippen LogP contribution in [0, 0.1) is 0 Å². The van der Waals surface area contributed by atoms with Crippen molar-refractivity contribution in [2.75, 3.05) is 33.4 Å². The third-order valence-corrected chi connectivity index (χ3v) is 6.91. The summed E-state index contributed by atoms with van der Waals surface area (Å²) in [6, 6.07) is 1.63. The number of ether oxygens (including phenoxy) is 3.